The van der Waals surface area contributed by atoms with E-state index >= 15 is 0 Å². The summed E-state index contributed by atoms with van der Waals surface area (Å²) in [4.78, 5) is 0. The van der Waals surface area contributed by atoms with Crippen LogP contribution in [0.5, 0.6) is 0 Å². The summed E-state index contributed by atoms with van der Waals surface area (Å²) < 4.78 is 34.6. The van der Waals surface area contributed by atoms with Crippen LogP contribution in [0.3, 0.4) is 0 Å². The number of rotatable bonds is 6. The van der Waals surface area contributed by atoms with Crippen LogP contribution in [-0.2, 0) is 13.9 Å². The van der Waals surface area contributed by atoms with Crippen molar-refractivity contribution in [1.29, 1.82) is 0 Å². The van der Waals surface area contributed by atoms with Gasteiger partial charge in [-0.3, -0.25) is 0 Å². The molecule has 68 valence electrons. The molecule has 0 aromatic heterocycles. The van der Waals surface area contributed by atoms with Crippen LogP contribution in [0.2, 0.25) is 0 Å². The van der Waals surface area contributed by atoms with Crippen LogP contribution in [0.25, 0.3) is 0 Å². The fraction of sp³-hybridized carbons (Fsp3) is 1.00. The van der Waals surface area contributed by atoms with Crippen molar-refractivity contribution in [3.63, 3.8) is 0 Å². The van der Waals surface area contributed by atoms with Gasteiger partial charge in [0, 0.05) is 5.75 Å². The molecule has 0 aliphatic rings. The fourth-order valence-corrected chi connectivity index (χ4v) is 1.57. The molecule has 12 heavy (non-hydrogen) atoms. The molecule has 0 aromatic carbocycles. The normalized spacial score (nSPS) is 10.8. The molecular formula is C4H9NaO5S2. The number of hydrogen-bond acceptors (Lipinski definition) is 6. The van der Waals surface area contributed by atoms with Crippen molar-refractivity contribution >= 4 is 19.9 Å². The van der Waals surface area contributed by atoms with Crippen molar-refractivity contribution < 1.29 is 52.4 Å². The summed E-state index contributed by atoms with van der Waals surface area (Å²) in [6.45, 7) is 0.223. The van der Waals surface area contributed by atoms with E-state index in [1.807, 2.05) is 0 Å². The molecule has 0 rings (SSSR count). The van der Waals surface area contributed by atoms with Crippen LogP contribution < -0.4 is 29.6 Å². The SMILES string of the molecule is O=S(=O)([O-])SCCOCCO.[Na+]. The molecule has 0 atom stereocenters. The molecule has 0 bridgehead atoms. The molecule has 0 saturated heterocycles. The van der Waals surface area contributed by atoms with Gasteiger partial charge in [-0.15, -0.1) is 0 Å². The van der Waals surface area contributed by atoms with Crippen LogP contribution in [0.15, 0.2) is 0 Å². The maximum absolute atomic E-state index is 9.97. The first-order valence-electron chi connectivity index (χ1n) is 2.85. The Morgan fingerprint density at radius 1 is 1.42 bits per heavy atom. The maximum Gasteiger partial charge on any atom is 1.00 e. The molecule has 5 nitrogen and oxygen atoms in total. The zero-order valence-corrected chi connectivity index (χ0v) is 10.4. The van der Waals surface area contributed by atoms with Gasteiger partial charge in [0.15, 0.2) is 0 Å². The van der Waals surface area contributed by atoms with Gasteiger partial charge in [0.2, 0.25) is 0 Å². The van der Waals surface area contributed by atoms with E-state index in [1.165, 1.54) is 0 Å². The van der Waals surface area contributed by atoms with E-state index in [2.05, 4.69) is 0 Å². The first kappa shape index (κ1) is 15.6. The molecule has 0 radical (unpaired) electrons. The van der Waals surface area contributed by atoms with Gasteiger partial charge in [0.1, 0.15) is 9.15 Å². The molecule has 8 heteroatoms. The molecule has 0 aromatic rings. The van der Waals surface area contributed by atoms with Gasteiger partial charge >= 0.3 is 29.6 Å². The van der Waals surface area contributed by atoms with Gasteiger partial charge in [-0.05, 0) is 10.8 Å². The molecule has 0 heterocycles. The van der Waals surface area contributed by atoms with E-state index in [4.69, 9.17) is 9.84 Å². The Bertz CT molecular complexity index is 180. The van der Waals surface area contributed by atoms with Crippen LogP contribution in [0.1, 0.15) is 0 Å². The predicted molar refractivity (Wildman–Crippen MR) is 40.1 cm³/mol. The van der Waals surface area contributed by atoms with Crippen molar-refractivity contribution in [3.05, 3.63) is 0 Å². The smallest absolute Gasteiger partial charge is 0.739 e. The van der Waals surface area contributed by atoms with Gasteiger partial charge < -0.3 is 14.4 Å². The minimum Gasteiger partial charge on any atom is -0.739 e. The summed E-state index contributed by atoms with van der Waals surface area (Å²) in [7, 11) is -3.89. The quantitative estimate of drug-likeness (QED) is 0.215. The van der Waals surface area contributed by atoms with Gasteiger partial charge in [-0.2, -0.15) is 0 Å². The summed E-state index contributed by atoms with van der Waals surface area (Å²) in [6.07, 6.45) is 0. The van der Waals surface area contributed by atoms with E-state index in [0.717, 1.165) is 0 Å². The average molecular weight is 224 g/mol. The largest absolute Gasteiger partial charge is 1.00 e. The van der Waals surface area contributed by atoms with Crippen molar-refractivity contribution in [2.24, 2.45) is 0 Å². The summed E-state index contributed by atoms with van der Waals surface area (Å²) in [5.74, 6) is 0.103. The van der Waals surface area contributed by atoms with Crippen LogP contribution >= 0.6 is 10.8 Å². The first-order chi connectivity index (χ1) is 5.06. The molecule has 0 aliphatic carbocycles. The molecule has 0 fully saturated rings. The van der Waals surface area contributed by atoms with Crippen LogP contribution in [-0.4, -0.2) is 43.7 Å². The number of hydrogen-bond donors (Lipinski definition) is 1. The summed E-state index contributed by atoms with van der Waals surface area (Å²) in [5.41, 5.74) is 0. The Balaban J connectivity index is 0. The van der Waals surface area contributed by atoms with E-state index in [9.17, 15) is 13.0 Å². The Morgan fingerprint density at radius 3 is 2.42 bits per heavy atom. The summed E-state index contributed by atoms with van der Waals surface area (Å²) in [5, 5.41) is 8.21. The maximum atomic E-state index is 9.97. The zero-order chi connectivity index (χ0) is 8.74. The second-order valence-corrected chi connectivity index (χ2v) is 4.96. The Labute approximate surface area is 97.3 Å². The average Bonchev–Trinajstić information content (AvgIpc) is 1.85. The minimum absolute atomic E-state index is 0. The molecule has 0 aliphatic heterocycles. The monoisotopic (exact) mass is 224 g/mol. The van der Waals surface area contributed by atoms with Gasteiger partial charge in [0.25, 0.3) is 0 Å². The van der Waals surface area contributed by atoms with Crippen molar-refractivity contribution in [2.75, 3.05) is 25.6 Å². The fourth-order valence-electron chi connectivity index (χ4n) is 0.362. The second kappa shape index (κ2) is 8.76. The van der Waals surface area contributed by atoms with Crippen molar-refractivity contribution in [3.8, 4) is 0 Å². The second-order valence-electron chi connectivity index (χ2n) is 1.57. The zero-order valence-electron chi connectivity index (χ0n) is 6.73. The van der Waals surface area contributed by atoms with Crippen molar-refractivity contribution in [2.45, 2.75) is 0 Å². The van der Waals surface area contributed by atoms with Gasteiger partial charge in [-0.1, -0.05) is 0 Å². The molecule has 0 unspecified atom stereocenters. The number of aliphatic hydroxyl groups excluding tert-OH is 1. The topological polar surface area (TPSA) is 86.7 Å². The standard InChI is InChI=1S/C4H10O5S2.Na/c5-1-2-9-3-4-10-11(6,7)8;/h5H,1-4H2,(H,6,7,8);/q;+1/p-1. The third-order valence-electron chi connectivity index (χ3n) is 0.691. The molecule has 0 spiro atoms. The summed E-state index contributed by atoms with van der Waals surface area (Å²) in [6, 6.07) is 0. The Kier molecular flexibility index (Phi) is 11.4. The molecule has 1 N–H and O–H groups in total. The molecule has 0 amide bonds. The Morgan fingerprint density at radius 2 is 2.00 bits per heavy atom. The Hall–Kier alpha value is 1.18. The van der Waals surface area contributed by atoms with E-state index in [0.29, 0.717) is 10.8 Å². The van der Waals surface area contributed by atoms with Crippen molar-refractivity contribution in [1.82, 2.24) is 0 Å². The molecule has 0 saturated carbocycles. The van der Waals surface area contributed by atoms with Gasteiger partial charge in [0.05, 0.1) is 19.8 Å². The van der Waals surface area contributed by atoms with E-state index in [1.54, 1.807) is 0 Å². The van der Waals surface area contributed by atoms with Crippen LogP contribution in [0, 0.1) is 0 Å². The molecular weight excluding hydrogens is 215 g/mol. The number of ether oxygens (including phenoxy) is 1. The van der Waals surface area contributed by atoms with E-state index < -0.39 is 9.15 Å². The minimum atomic E-state index is -4.19. The summed E-state index contributed by atoms with van der Waals surface area (Å²) >= 11 is 0. The predicted octanol–water partition coefficient (Wildman–Crippen LogP) is -3.81. The van der Waals surface area contributed by atoms with Crippen LogP contribution in [0.4, 0.5) is 0 Å². The number of aliphatic hydroxyl groups is 1. The van der Waals surface area contributed by atoms with Gasteiger partial charge in [-0.25, -0.2) is 8.42 Å². The third kappa shape index (κ3) is 13.7. The van der Waals surface area contributed by atoms with E-state index in [-0.39, 0.29) is 55.1 Å². The first-order valence-corrected chi connectivity index (χ1v) is 5.76. The third-order valence-corrected chi connectivity index (χ3v) is 2.68.